The van der Waals surface area contributed by atoms with Crippen molar-refractivity contribution in [3.63, 3.8) is 0 Å². The van der Waals surface area contributed by atoms with Gasteiger partial charge in [-0.15, -0.1) is 0 Å². The molecule has 2 N–H and O–H groups in total. The molecule has 0 saturated carbocycles. The molecule has 0 aromatic carbocycles. The summed E-state index contributed by atoms with van der Waals surface area (Å²) in [5.74, 6) is 1.46. The second-order valence-corrected chi connectivity index (χ2v) is 3.80. The molecule has 0 amide bonds. The molecule has 0 bridgehead atoms. The monoisotopic (exact) mass is 219 g/mol. The highest BCUT2D eigenvalue weighted by atomic mass is 16.5. The van der Waals surface area contributed by atoms with E-state index < -0.39 is 0 Å². The van der Waals surface area contributed by atoms with Crippen LogP contribution in [0.2, 0.25) is 0 Å². The molecule has 0 saturated heterocycles. The van der Waals surface area contributed by atoms with E-state index in [4.69, 9.17) is 10.3 Å². The van der Waals surface area contributed by atoms with Gasteiger partial charge in [0.25, 0.3) is 0 Å². The first kappa shape index (κ1) is 10.7. The van der Waals surface area contributed by atoms with Gasteiger partial charge in [-0.2, -0.15) is 4.98 Å². The third kappa shape index (κ3) is 2.06. The molecule has 2 aromatic rings. The fraction of sp³-hybridized carbons (Fsp3) is 0.400. The van der Waals surface area contributed by atoms with Crippen LogP contribution in [0, 0.1) is 5.92 Å². The molecule has 6 heteroatoms. The SMILES string of the molecule is CC(C)[C@H](N)c1nc(-c2ncccn2)no1. The lowest BCUT2D eigenvalue weighted by Gasteiger charge is -2.08. The second-order valence-electron chi connectivity index (χ2n) is 3.80. The summed E-state index contributed by atoms with van der Waals surface area (Å²) >= 11 is 0. The molecule has 84 valence electrons. The predicted octanol–water partition coefficient (Wildman–Crippen LogP) is 1.18. The number of rotatable bonds is 3. The molecule has 0 aliphatic carbocycles. The molecule has 0 aliphatic rings. The molecule has 2 heterocycles. The smallest absolute Gasteiger partial charge is 0.244 e. The van der Waals surface area contributed by atoms with Crippen molar-refractivity contribution in [2.24, 2.45) is 11.7 Å². The number of hydrogen-bond donors (Lipinski definition) is 1. The first-order valence-corrected chi connectivity index (χ1v) is 5.05. The minimum absolute atomic E-state index is 0.241. The van der Waals surface area contributed by atoms with E-state index in [0.29, 0.717) is 17.5 Å². The van der Waals surface area contributed by atoms with Crippen LogP contribution in [0.1, 0.15) is 25.8 Å². The van der Waals surface area contributed by atoms with Gasteiger partial charge < -0.3 is 10.3 Å². The van der Waals surface area contributed by atoms with Crippen LogP contribution in [-0.4, -0.2) is 20.1 Å². The van der Waals surface area contributed by atoms with Crippen molar-refractivity contribution in [3.8, 4) is 11.6 Å². The van der Waals surface area contributed by atoms with Gasteiger partial charge in [-0.3, -0.25) is 0 Å². The standard InChI is InChI=1S/C10H13N5O/c1-6(2)7(11)10-14-9(15-16-10)8-12-4-3-5-13-8/h3-7H,11H2,1-2H3/t7-/m0/s1. The van der Waals surface area contributed by atoms with E-state index >= 15 is 0 Å². The van der Waals surface area contributed by atoms with Crippen molar-refractivity contribution < 1.29 is 4.52 Å². The van der Waals surface area contributed by atoms with Crippen molar-refractivity contribution in [2.75, 3.05) is 0 Å². The molecule has 1 atom stereocenters. The summed E-state index contributed by atoms with van der Waals surface area (Å²) in [6.07, 6.45) is 3.25. The molecule has 0 fully saturated rings. The lowest BCUT2D eigenvalue weighted by Crippen LogP contribution is -2.16. The number of hydrogen-bond acceptors (Lipinski definition) is 6. The van der Waals surface area contributed by atoms with E-state index in [1.165, 1.54) is 0 Å². The number of nitrogens with two attached hydrogens (primary N) is 1. The highest BCUT2D eigenvalue weighted by molar-refractivity contribution is 5.40. The average Bonchev–Trinajstić information content (AvgIpc) is 2.78. The summed E-state index contributed by atoms with van der Waals surface area (Å²) in [5, 5.41) is 3.80. The van der Waals surface area contributed by atoms with E-state index in [1.54, 1.807) is 18.5 Å². The van der Waals surface area contributed by atoms with Gasteiger partial charge in [0, 0.05) is 12.4 Å². The summed E-state index contributed by atoms with van der Waals surface area (Å²) in [6, 6.07) is 1.47. The topological polar surface area (TPSA) is 90.7 Å². The Morgan fingerprint density at radius 2 is 1.88 bits per heavy atom. The van der Waals surface area contributed by atoms with E-state index in [2.05, 4.69) is 20.1 Å². The predicted molar refractivity (Wildman–Crippen MR) is 57.1 cm³/mol. The Bertz CT molecular complexity index is 453. The van der Waals surface area contributed by atoms with E-state index in [9.17, 15) is 0 Å². The van der Waals surface area contributed by atoms with Crippen molar-refractivity contribution in [1.29, 1.82) is 0 Å². The first-order chi connectivity index (χ1) is 7.68. The maximum atomic E-state index is 5.89. The largest absolute Gasteiger partial charge is 0.337 e. The zero-order valence-corrected chi connectivity index (χ0v) is 9.16. The molecule has 6 nitrogen and oxygen atoms in total. The van der Waals surface area contributed by atoms with Gasteiger partial charge in [0.05, 0.1) is 6.04 Å². The average molecular weight is 219 g/mol. The fourth-order valence-corrected chi connectivity index (χ4v) is 1.16. The highest BCUT2D eigenvalue weighted by Gasteiger charge is 2.19. The molecule has 0 aliphatic heterocycles. The fourth-order valence-electron chi connectivity index (χ4n) is 1.16. The normalized spacial score (nSPS) is 13.0. The zero-order valence-electron chi connectivity index (χ0n) is 9.16. The van der Waals surface area contributed by atoms with E-state index in [0.717, 1.165) is 0 Å². The van der Waals surface area contributed by atoms with Crippen LogP contribution in [0.3, 0.4) is 0 Å². The van der Waals surface area contributed by atoms with Crippen molar-refractivity contribution in [2.45, 2.75) is 19.9 Å². The van der Waals surface area contributed by atoms with E-state index in [1.807, 2.05) is 13.8 Å². The lowest BCUT2D eigenvalue weighted by molar-refractivity contribution is 0.325. The van der Waals surface area contributed by atoms with Gasteiger partial charge in [-0.1, -0.05) is 19.0 Å². The van der Waals surface area contributed by atoms with Crippen LogP contribution >= 0.6 is 0 Å². The Kier molecular flexibility index (Phi) is 2.91. The minimum Gasteiger partial charge on any atom is -0.337 e. The summed E-state index contributed by atoms with van der Waals surface area (Å²) < 4.78 is 5.08. The highest BCUT2D eigenvalue weighted by Crippen LogP contribution is 2.19. The van der Waals surface area contributed by atoms with Crippen molar-refractivity contribution >= 4 is 0 Å². The van der Waals surface area contributed by atoms with Crippen molar-refractivity contribution in [3.05, 3.63) is 24.4 Å². The molecular weight excluding hydrogens is 206 g/mol. The Morgan fingerprint density at radius 1 is 1.19 bits per heavy atom. The zero-order chi connectivity index (χ0) is 11.5. The molecular formula is C10H13N5O. The van der Waals surface area contributed by atoms with Gasteiger partial charge in [0.15, 0.2) is 0 Å². The molecule has 2 rings (SSSR count). The van der Waals surface area contributed by atoms with Gasteiger partial charge >= 0.3 is 0 Å². The Morgan fingerprint density at radius 3 is 2.50 bits per heavy atom. The summed E-state index contributed by atoms with van der Waals surface area (Å²) in [7, 11) is 0. The van der Waals surface area contributed by atoms with Gasteiger partial charge in [0.2, 0.25) is 17.5 Å². The Balaban J connectivity index is 2.27. The van der Waals surface area contributed by atoms with Gasteiger partial charge in [0.1, 0.15) is 0 Å². The van der Waals surface area contributed by atoms with E-state index in [-0.39, 0.29) is 12.0 Å². The lowest BCUT2D eigenvalue weighted by atomic mass is 10.1. The maximum Gasteiger partial charge on any atom is 0.244 e. The quantitative estimate of drug-likeness (QED) is 0.833. The first-order valence-electron chi connectivity index (χ1n) is 5.05. The second kappa shape index (κ2) is 4.36. The van der Waals surface area contributed by atoms with Gasteiger partial charge in [-0.05, 0) is 12.0 Å². The Labute approximate surface area is 92.9 Å². The van der Waals surface area contributed by atoms with Crippen LogP contribution in [0.25, 0.3) is 11.6 Å². The molecule has 0 unspecified atom stereocenters. The molecule has 16 heavy (non-hydrogen) atoms. The third-order valence-corrected chi connectivity index (χ3v) is 2.21. The molecule has 0 radical (unpaired) electrons. The van der Waals surface area contributed by atoms with Crippen LogP contribution in [0.4, 0.5) is 0 Å². The minimum atomic E-state index is -0.259. The summed E-state index contributed by atoms with van der Waals surface area (Å²) in [4.78, 5) is 12.2. The molecule has 0 spiro atoms. The number of nitrogens with zero attached hydrogens (tertiary/aromatic N) is 4. The number of aromatic nitrogens is 4. The third-order valence-electron chi connectivity index (χ3n) is 2.21. The maximum absolute atomic E-state index is 5.89. The van der Waals surface area contributed by atoms with Crippen LogP contribution < -0.4 is 5.73 Å². The van der Waals surface area contributed by atoms with Crippen molar-refractivity contribution in [1.82, 2.24) is 20.1 Å². The van der Waals surface area contributed by atoms with Crippen LogP contribution in [-0.2, 0) is 0 Å². The van der Waals surface area contributed by atoms with Crippen LogP contribution in [0.5, 0.6) is 0 Å². The summed E-state index contributed by atoms with van der Waals surface area (Å²) in [6.45, 7) is 3.99. The summed E-state index contributed by atoms with van der Waals surface area (Å²) in [5.41, 5.74) is 5.89. The Hall–Kier alpha value is -1.82. The van der Waals surface area contributed by atoms with Gasteiger partial charge in [-0.25, -0.2) is 9.97 Å². The van der Waals surface area contributed by atoms with Crippen LogP contribution in [0.15, 0.2) is 23.0 Å². The molecule has 2 aromatic heterocycles.